The normalized spacial score (nSPS) is 16.4. The summed E-state index contributed by atoms with van der Waals surface area (Å²) in [6.45, 7) is 8.93. The third-order valence-electron chi connectivity index (χ3n) is 8.82. The standard InChI is InChI=1S/C35H49N7O6S2/c1-5-25(4)33(42-16-15-40(35(42)45)21-28-23-49-32(18-36)38-28)34(44)39-30(17-26-9-7-6-8-10-26)31(43)22-41(20-24(2)3)50(47,48)29-13-11-27(12-14-29)19-37-46/h6-14,19,23-25,30-31,33,43,46H,5,15-18,20-22,36H2,1-4H3,(H,39,44)/t25-,30-,31+,33-/m0/s1. The SMILES string of the molecule is CC[C@H](C)[C@@H](C(=O)N[C@@H](Cc1ccccc1)[C@H](O)CN(CC(C)C)S(=O)(=O)c1ccc(C=NO)cc1)N1CCN(Cc2csc(CN)n2)C1=O. The number of nitrogens with two attached hydrogens (primary N) is 1. The van der Waals surface area contributed by atoms with Crippen molar-refractivity contribution < 1.29 is 28.3 Å². The number of carbonyl (C=O) groups is 2. The lowest BCUT2D eigenvalue weighted by Gasteiger charge is -2.35. The van der Waals surface area contributed by atoms with E-state index in [4.69, 9.17) is 10.9 Å². The maximum atomic E-state index is 14.2. The molecule has 2 aromatic carbocycles. The number of hydrogen-bond donors (Lipinski definition) is 4. The summed E-state index contributed by atoms with van der Waals surface area (Å²) >= 11 is 1.44. The fourth-order valence-corrected chi connectivity index (χ4v) is 8.31. The topological polar surface area (TPSA) is 182 Å². The first-order chi connectivity index (χ1) is 23.9. The average molecular weight is 728 g/mol. The van der Waals surface area contributed by atoms with Gasteiger partial charge < -0.3 is 31.2 Å². The molecule has 15 heteroatoms. The molecular formula is C35H49N7O6S2. The molecule has 1 fully saturated rings. The predicted molar refractivity (Wildman–Crippen MR) is 193 cm³/mol. The van der Waals surface area contributed by atoms with Gasteiger partial charge in [-0.15, -0.1) is 11.3 Å². The summed E-state index contributed by atoms with van der Waals surface area (Å²) in [6.07, 6.45) is 0.766. The van der Waals surface area contributed by atoms with E-state index in [1.165, 1.54) is 46.1 Å². The van der Waals surface area contributed by atoms with Gasteiger partial charge in [0.25, 0.3) is 0 Å². The van der Waals surface area contributed by atoms with Gasteiger partial charge in [0.1, 0.15) is 11.0 Å². The number of amides is 3. The van der Waals surface area contributed by atoms with E-state index < -0.39 is 34.1 Å². The van der Waals surface area contributed by atoms with E-state index in [9.17, 15) is 23.1 Å². The number of aliphatic hydroxyl groups excluding tert-OH is 1. The Morgan fingerprint density at radius 3 is 2.42 bits per heavy atom. The number of aliphatic hydroxyl groups is 1. The van der Waals surface area contributed by atoms with Gasteiger partial charge in [-0.3, -0.25) is 4.79 Å². The summed E-state index contributed by atoms with van der Waals surface area (Å²) in [5.41, 5.74) is 7.83. The molecule has 2 heterocycles. The zero-order valence-corrected chi connectivity index (χ0v) is 30.7. The van der Waals surface area contributed by atoms with E-state index in [1.807, 2.05) is 63.4 Å². The van der Waals surface area contributed by atoms with E-state index in [-0.39, 0.29) is 42.3 Å². The highest BCUT2D eigenvalue weighted by molar-refractivity contribution is 7.89. The van der Waals surface area contributed by atoms with Crippen LogP contribution in [0.2, 0.25) is 0 Å². The fraction of sp³-hybridized carbons (Fsp3) is 0.486. The second-order valence-electron chi connectivity index (χ2n) is 13.1. The molecule has 50 heavy (non-hydrogen) atoms. The first-order valence-electron chi connectivity index (χ1n) is 16.9. The summed E-state index contributed by atoms with van der Waals surface area (Å²) in [5.74, 6) is -0.675. The number of thiazole rings is 1. The van der Waals surface area contributed by atoms with Crippen molar-refractivity contribution in [2.45, 2.75) is 76.7 Å². The van der Waals surface area contributed by atoms with Gasteiger partial charge in [-0.2, -0.15) is 4.31 Å². The second-order valence-corrected chi connectivity index (χ2v) is 15.9. The Hall–Kier alpha value is -3.89. The van der Waals surface area contributed by atoms with E-state index in [1.54, 1.807) is 9.80 Å². The molecule has 5 N–H and O–H groups in total. The lowest BCUT2D eigenvalue weighted by atomic mass is 9.95. The molecule has 1 aliphatic rings. The average Bonchev–Trinajstić information content (AvgIpc) is 3.70. The molecule has 4 rings (SSSR count). The van der Waals surface area contributed by atoms with Crippen molar-refractivity contribution in [1.82, 2.24) is 24.4 Å². The molecule has 0 radical (unpaired) electrons. The van der Waals surface area contributed by atoms with Crippen LogP contribution in [0.3, 0.4) is 0 Å². The molecule has 3 amide bonds. The molecule has 0 unspecified atom stereocenters. The Labute approximate surface area is 298 Å². The van der Waals surface area contributed by atoms with Crippen molar-refractivity contribution in [2.75, 3.05) is 26.2 Å². The number of oxime groups is 1. The summed E-state index contributed by atoms with van der Waals surface area (Å²) in [6, 6.07) is 13.3. The molecule has 0 bridgehead atoms. The van der Waals surface area contributed by atoms with E-state index in [0.29, 0.717) is 38.2 Å². The van der Waals surface area contributed by atoms with Crippen LogP contribution in [0, 0.1) is 11.8 Å². The molecule has 272 valence electrons. The zero-order valence-electron chi connectivity index (χ0n) is 29.1. The monoisotopic (exact) mass is 727 g/mol. The van der Waals surface area contributed by atoms with Crippen LogP contribution in [0.4, 0.5) is 4.79 Å². The number of nitrogens with zero attached hydrogens (tertiary/aromatic N) is 5. The van der Waals surface area contributed by atoms with Crippen molar-refractivity contribution in [2.24, 2.45) is 22.7 Å². The number of sulfonamides is 1. The molecule has 1 saturated heterocycles. The number of nitrogens with one attached hydrogen (secondary N) is 1. The number of aromatic nitrogens is 1. The summed E-state index contributed by atoms with van der Waals surface area (Å²) < 4.78 is 29.0. The first-order valence-corrected chi connectivity index (χ1v) is 19.2. The fourth-order valence-electron chi connectivity index (χ4n) is 6.02. The maximum Gasteiger partial charge on any atom is 0.321 e. The second kappa shape index (κ2) is 17.9. The lowest BCUT2D eigenvalue weighted by molar-refractivity contribution is -0.128. The van der Waals surface area contributed by atoms with E-state index in [0.717, 1.165) is 16.3 Å². The third-order valence-corrected chi connectivity index (χ3v) is 11.6. The number of hydrogen-bond acceptors (Lipinski definition) is 10. The molecule has 0 saturated carbocycles. The Kier molecular flexibility index (Phi) is 13.9. The van der Waals surface area contributed by atoms with Crippen molar-refractivity contribution in [3.63, 3.8) is 0 Å². The minimum Gasteiger partial charge on any atom is -0.411 e. The maximum absolute atomic E-state index is 14.2. The molecule has 3 aromatic rings. The molecule has 0 spiro atoms. The molecule has 1 aliphatic heterocycles. The smallest absolute Gasteiger partial charge is 0.321 e. The molecule has 0 aliphatic carbocycles. The van der Waals surface area contributed by atoms with E-state index >= 15 is 0 Å². The summed E-state index contributed by atoms with van der Waals surface area (Å²) in [5, 5.41) is 29.3. The van der Waals surface area contributed by atoms with Crippen molar-refractivity contribution in [3.05, 3.63) is 81.8 Å². The van der Waals surface area contributed by atoms with Gasteiger partial charge in [-0.1, -0.05) is 81.7 Å². The van der Waals surface area contributed by atoms with Crippen LogP contribution in [0.1, 0.15) is 55.9 Å². The number of urea groups is 1. The summed E-state index contributed by atoms with van der Waals surface area (Å²) in [7, 11) is -4.06. The molecular weight excluding hydrogens is 679 g/mol. The van der Waals surface area contributed by atoms with Gasteiger partial charge in [0.15, 0.2) is 0 Å². The van der Waals surface area contributed by atoms with Gasteiger partial charge >= 0.3 is 6.03 Å². The Morgan fingerprint density at radius 1 is 1.12 bits per heavy atom. The highest BCUT2D eigenvalue weighted by Gasteiger charge is 2.41. The van der Waals surface area contributed by atoms with Crippen LogP contribution < -0.4 is 11.1 Å². The Balaban J connectivity index is 1.58. The molecule has 1 aromatic heterocycles. The van der Waals surface area contributed by atoms with Gasteiger partial charge in [0, 0.05) is 38.1 Å². The van der Waals surface area contributed by atoms with Crippen LogP contribution in [0.15, 0.2) is 70.0 Å². The van der Waals surface area contributed by atoms with Crippen LogP contribution in [-0.4, -0.2) is 100 Å². The largest absolute Gasteiger partial charge is 0.411 e. The van der Waals surface area contributed by atoms with Crippen LogP contribution in [0.25, 0.3) is 0 Å². The van der Waals surface area contributed by atoms with Crippen molar-refractivity contribution in [3.8, 4) is 0 Å². The quantitative estimate of drug-likeness (QED) is 0.0873. The highest BCUT2D eigenvalue weighted by atomic mass is 32.2. The van der Waals surface area contributed by atoms with Gasteiger partial charge in [0.05, 0.1) is 35.5 Å². The van der Waals surface area contributed by atoms with Crippen LogP contribution in [-0.2, 0) is 34.3 Å². The van der Waals surface area contributed by atoms with Crippen LogP contribution >= 0.6 is 11.3 Å². The Morgan fingerprint density at radius 2 is 1.82 bits per heavy atom. The van der Waals surface area contributed by atoms with Crippen molar-refractivity contribution >= 4 is 39.5 Å². The first kappa shape index (κ1) is 38.9. The van der Waals surface area contributed by atoms with Gasteiger partial charge in [-0.25, -0.2) is 18.2 Å². The highest BCUT2D eigenvalue weighted by Crippen LogP contribution is 2.24. The number of carbonyl (C=O) groups excluding carboxylic acids is 2. The number of rotatable bonds is 18. The molecule has 13 nitrogen and oxygen atoms in total. The predicted octanol–water partition coefficient (Wildman–Crippen LogP) is 3.50. The van der Waals surface area contributed by atoms with Crippen LogP contribution in [0.5, 0.6) is 0 Å². The minimum atomic E-state index is -4.06. The van der Waals surface area contributed by atoms with Gasteiger partial charge in [-0.05, 0) is 41.5 Å². The Bertz CT molecular complexity index is 1680. The van der Waals surface area contributed by atoms with E-state index in [2.05, 4.69) is 15.5 Å². The minimum absolute atomic E-state index is 0.0231. The van der Waals surface area contributed by atoms with Crippen molar-refractivity contribution in [1.29, 1.82) is 0 Å². The summed E-state index contributed by atoms with van der Waals surface area (Å²) in [4.78, 5) is 35.7. The zero-order chi connectivity index (χ0) is 36.4. The molecule has 4 atom stereocenters. The lowest BCUT2D eigenvalue weighted by Crippen LogP contribution is -2.57. The number of benzene rings is 2. The van der Waals surface area contributed by atoms with Gasteiger partial charge in [0.2, 0.25) is 15.9 Å². The third kappa shape index (κ3) is 9.88.